The van der Waals surface area contributed by atoms with Crippen molar-refractivity contribution < 1.29 is 4.79 Å². The molecule has 1 fully saturated rings. The molecule has 4 aromatic rings. The van der Waals surface area contributed by atoms with Gasteiger partial charge in [-0.15, -0.1) is 0 Å². The third-order valence-electron chi connectivity index (χ3n) is 7.00. The molecule has 3 aromatic heterocycles. The molecule has 10 nitrogen and oxygen atoms in total. The van der Waals surface area contributed by atoms with Crippen LogP contribution in [-0.4, -0.2) is 68.3 Å². The quantitative estimate of drug-likeness (QED) is 0.304. The number of amides is 1. The number of benzene rings is 1. The third-order valence-corrected chi connectivity index (χ3v) is 7.00. The Kier molecular flexibility index (Phi) is 6.75. The molecule has 192 valence electrons. The van der Waals surface area contributed by atoms with Crippen LogP contribution in [0.15, 0.2) is 47.5 Å². The molecule has 10 heteroatoms. The fourth-order valence-corrected chi connectivity index (χ4v) is 4.78. The molecule has 0 bridgehead atoms. The first-order chi connectivity index (χ1) is 17.9. The number of rotatable bonds is 9. The number of hydrogen-bond acceptors (Lipinski definition) is 7. The number of hydrogen-bond donors (Lipinski definition) is 3. The predicted octanol–water partition coefficient (Wildman–Crippen LogP) is 2.78. The van der Waals surface area contributed by atoms with Gasteiger partial charge in [-0.05, 0) is 50.1 Å². The summed E-state index contributed by atoms with van der Waals surface area (Å²) in [6.45, 7) is 6.60. The summed E-state index contributed by atoms with van der Waals surface area (Å²) in [5, 5.41) is 15.7. The number of aryl methyl sites for hydroxylation is 1. The lowest BCUT2D eigenvalue weighted by Gasteiger charge is -2.31. The topological polar surface area (TPSA) is 121 Å². The summed E-state index contributed by atoms with van der Waals surface area (Å²) < 4.78 is 3.24. The van der Waals surface area contributed by atoms with E-state index in [1.165, 1.54) is 0 Å². The van der Waals surface area contributed by atoms with Crippen LogP contribution in [0.1, 0.15) is 26.3 Å². The van der Waals surface area contributed by atoms with Crippen molar-refractivity contribution in [1.29, 1.82) is 5.41 Å². The van der Waals surface area contributed by atoms with E-state index in [-0.39, 0.29) is 18.1 Å². The van der Waals surface area contributed by atoms with E-state index in [0.29, 0.717) is 17.8 Å². The molecule has 1 atom stereocenters. The number of pyridine rings is 2. The molecule has 0 spiro atoms. The highest BCUT2D eigenvalue weighted by atomic mass is 16.2. The van der Waals surface area contributed by atoms with Crippen LogP contribution in [0.5, 0.6) is 0 Å². The Bertz CT molecular complexity index is 1530. The number of nitrogens with zero attached hydrogens (tertiary/aromatic N) is 5. The number of carbonyl (C=O) groups excluding carboxylic acids is 1. The fourth-order valence-electron chi connectivity index (χ4n) is 4.78. The molecule has 0 aliphatic carbocycles. The van der Waals surface area contributed by atoms with Gasteiger partial charge in [0.25, 0.3) is 0 Å². The second-order valence-corrected chi connectivity index (χ2v) is 9.46. The Balaban J connectivity index is 1.56. The Morgan fingerprint density at radius 3 is 2.57 bits per heavy atom. The molecule has 5 rings (SSSR count). The Hall–Kier alpha value is -4.05. The van der Waals surface area contributed by atoms with Crippen LogP contribution < -0.4 is 16.3 Å². The zero-order chi connectivity index (χ0) is 26.1. The summed E-state index contributed by atoms with van der Waals surface area (Å²) in [6.07, 6.45) is 4.58. The van der Waals surface area contributed by atoms with Crippen molar-refractivity contribution in [2.75, 3.05) is 38.0 Å². The molecule has 1 amide bonds. The van der Waals surface area contributed by atoms with Crippen LogP contribution in [-0.2, 0) is 11.8 Å². The summed E-state index contributed by atoms with van der Waals surface area (Å²) in [5.74, 6) is 0.864. The van der Waals surface area contributed by atoms with Gasteiger partial charge in [0, 0.05) is 56.1 Å². The number of carbonyl (C=O) groups is 1. The van der Waals surface area contributed by atoms with E-state index < -0.39 is 6.04 Å². The molecule has 4 heterocycles. The molecule has 3 N–H and O–H groups in total. The average molecular weight is 501 g/mol. The molecule has 1 aliphatic rings. The van der Waals surface area contributed by atoms with Gasteiger partial charge in [-0.2, -0.15) is 0 Å². The maximum atomic E-state index is 13.5. The Morgan fingerprint density at radius 2 is 1.92 bits per heavy atom. The minimum absolute atomic E-state index is 0.0472. The highest BCUT2D eigenvalue weighted by Gasteiger charge is 2.25. The number of likely N-dealkylation sites (tertiary alicyclic amines) is 1. The predicted molar refractivity (Wildman–Crippen MR) is 146 cm³/mol. The smallest absolute Gasteiger partial charge is 0.329 e. The molecule has 37 heavy (non-hydrogen) atoms. The first kappa shape index (κ1) is 24.6. The lowest BCUT2D eigenvalue weighted by molar-refractivity contribution is -0.133. The van der Waals surface area contributed by atoms with Gasteiger partial charge in [-0.25, -0.2) is 9.78 Å². The van der Waals surface area contributed by atoms with Gasteiger partial charge in [-0.3, -0.25) is 18.9 Å². The van der Waals surface area contributed by atoms with Crippen molar-refractivity contribution in [3.8, 4) is 11.1 Å². The molecule has 0 saturated carbocycles. The van der Waals surface area contributed by atoms with Crippen LogP contribution >= 0.6 is 0 Å². The standard InChI is InChI=1S/C27H32N8O2/c1-4-30-24-9-7-19(13-32-24)18-6-8-21-20(12-18)26-23(15-31-21)33(3)27(37)35(26)22(17(2)28)14-29-16-25(36)34-10-5-11-34/h6-9,12-13,15,22,28-29H,4-5,10-11,14,16H2,1-3H3,(H,30,32). The minimum atomic E-state index is -0.546. The van der Waals surface area contributed by atoms with Crippen LogP contribution in [0.25, 0.3) is 33.1 Å². The highest BCUT2D eigenvalue weighted by molar-refractivity contribution is 6.04. The normalized spacial score (nSPS) is 14.1. The van der Waals surface area contributed by atoms with Gasteiger partial charge >= 0.3 is 5.69 Å². The second-order valence-electron chi connectivity index (χ2n) is 9.46. The monoisotopic (exact) mass is 500 g/mol. The summed E-state index contributed by atoms with van der Waals surface area (Å²) >= 11 is 0. The van der Waals surface area contributed by atoms with E-state index in [9.17, 15) is 9.59 Å². The van der Waals surface area contributed by atoms with E-state index in [1.807, 2.05) is 48.4 Å². The van der Waals surface area contributed by atoms with E-state index in [2.05, 4.69) is 20.6 Å². The van der Waals surface area contributed by atoms with E-state index in [1.54, 1.807) is 29.3 Å². The van der Waals surface area contributed by atoms with Crippen molar-refractivity contribution in [2.24, 2.45) is 7.05 Å². The van der Waals surface area contributed by atoms with Gasteiger partial charge in [-0.1, -0.05) is 6.07 Å². The summed E-state index contributed by atoms with van der Waals surface area (Å²) in [7, 11) is 1.72. The zero-order valence-corrected chi connectivity index (χ0v) is 21.4. The molecule has 0 radical (unpaired) electrons. The zero-order valence-electron chi connectivity index (χ0n) is 21.4. The Labute approximate surface area is 214 Å². The minimum Gasteiger partial charge on any atom is -0.370 e. The second kappa shape index (κ2) is 10.1. The summed E-state index contributed by atoms with van der Waals surface area (Å²) in [5.41, 5.74) is 4.21. The van der Waals surface area contributed by atoms with Crippen molar-refractivity contribution in [3.05, 3.63) is 53.2 Å². The van der Waals surface area contributed by atoms with Crippen molar-refractivity contribution in [2.45, 2.75) is 26.3 Å². The molecular formula is C27H32N8O2. The number of aromatic nitrogens is 4. The van der Waals surface area contributed by atoms with E-state index in [0.717, 1.165) is 59.4 Å². The first-order valence-electron chi connectivity index (χ1n) is 12.6. The number of imidazole rings is 1. The van der Waals surface area contributed by atoms with Gasteiger partial charge in [0.2, 0.25) is 5.91 Å². The lowest BCUT2D eigenvalue weighted by atomic mass is 10.0. The maximum Gasteiger partial charge on any atom is 0.329 e. The first-order valence-corrected chi connectivity index (χ1v) is 12.6. The largest absolute Gasteiger partial charge is 0.370 e. The summed E-state index contributed by atoms with van der Waals surface area (Å²) in [6, 6.07) is 9.39. The highest BCUT2D eigenvalue weighted by Crippen LogP contribution is 2.30. The van der Waals surface area contributed by atoms with Gasteiger partial charge in [0.15, 0.2) is 0 Å². The molecule has 1 aromatic carbocycles. The fraction of sp³-hybridized carbons (Fsp3) is 0.370. The average Bonchev–Trinajstić information content (AvgIpc) is 3.11. The van der Waals surface area contributed by atoms with Crippen LogP contribution in [0.4, 0.5) is 5.82 Å². The van der Waals surface area contributed by atoms with Crippen molar-refractivity contribution >= 4 is 39.4 Å². The van der Waals surface area contributed by atoms with Crippen LogP contribution in [0, 0.1) is 5.41 Å². The molecule has 1 aliphatic heterocycles. The number of fused-ring (bicyclic) bond motifs is 3. The molecular weight excluding hydrogens is 468 g/mol. The maximum absolute atomic E-state index is 13.5. The van der Waals surface area contributed by atoms with Crippen LogP contribution in [0.2, 0.25) is 0 Å². The van der Waals surface area contributed by atoms with E-state index >= 15 is 0 Å². The Morgan fingerprint density at radius 1 is 1.14 bits per heavy atom. The number of anilines is 1. The van der Waals surface area contributed by atoms with Crippen molar-refractivity contribution in [3.63, 3.8) is 0 Å². The van der Waals surface area contributed by atoms with Crippen LogP contribution in [0.3, 0.4) is 0 Å². The SMILES string of the molecule is CCNc1ccc(-c2ccc3ncc4c(c3c2)n(C(CNCC(=O)N2CCC2)C(C)=N)c(=O)n4C)cn1. The van der Waals surface area contributed by atoms with Gasteiger partial charge < -0.3 is 20.9 Å². The lowest BCUT2D eigenvalue weighted by Crippen LogP contribution is -2.47. The third kappa shape index (κ3) is 4.60. The summed E-state index contributed by atoms with van der Waals surface area (Å²) in [4.78, 5) is 36.7. The molecule has 1 saturated heterocycles. The molecule has 1 unspecified atom stereocenters. The van der Waals surface area contributed by atoms with E-state index in [4.69, 9.17) is 5.41 Å². The van der Waals surface area contributed by atoms with Crippen molar-refractivity contribution in [1.82, 2.24) is 29.3 Å². The van der Waals surface area contributed by atoms with Gasteiger partial charge in [0.1, 0.15) is 5.82 Å². The number of nitrogens with one attached hydrogen (secondary N) is 3. The van der Waals surface area contributed by atoms with Gasteiger partial charge in [0.05, 0.1) is 35.3 Å².